The van der Waals surface area contributed by atoms with E-state index in [-0.39, 0.29) is 174 Å². The molecule has 3 saturated heterocycles. The van der Waals surface area contributed by atoms with Crippen molar-refractivity contribution < 1.29 is 188 Å². The van der Waals surface area contributed by atoms with Gasteiger partial charge < -0.3 is 28.9 Å². The van der Waals surface area contributed by atoms with Gasteiger partial charge in [-0.2, -0.15) is 125 Å². The summed E-state index contributed by atoms with van der Waals surface area (Å²) in [6, 6.07) is 38.1. The van der Waals surface area contributed by atoms with E-state index in [0.29, 0.717) is 20.6 Å². The molecule has 3 aliphatic rings. The molecule has 3 fully saturated rings. The van der Waals surface area contributed by atoms with Gasteiger partial charge in [-0.25, -0.2) is 9.56 Å². The summed E-state index contributed by atoms with van der Waals surface area (Å²) in [6.45, 7) is 16.1. The van der Waals surface area contributed by atoms with Crippen molar-refractivity contribution in [3.63, 3.8) is 0 Å². The Hall–Kier alpha value is -0.589. The summed E-state index contributed by atoms with van der Waals surface area (Å²) >= 11 is 35.4. The Kier molecular flexibility index (Phi) is 52.2. The third kappa shape index (κ3) is 33.1. The van der Waals surface area contributed by atoms with Crippen molar-refractivity contribution in [1.82, 2.24) is 61.2 Å². The maximum absolute atomic E-state index is 5.76. The summed E-state index contributed by atoms with van der Waals surface area (Å²) in [7, 11) is 0. The molecule has 0 spiro atoms. The number of hydrogen-bond donors (Lipinski definition) is 2. The van der Waals surface area contributed by atoms with Crippen LogP contribution in [0.1, 0.15) is 16.7 Å². The second-order valence-electron chi connectivity index (χ2n) is 17.5. The number of aromatic nitrogens is 12. The van der Waals surface area contributed by atoms with Crippen LogP contribution in [0.15, 0.2) is 137 Å². The first-order valence-electron chi connectivity index (χ1n) is 25.6. The molecule has 90 heavy (non-hydrogen) atoms. The van der Waals surface area contributed by atoms with Gasteiger partial charge in [0.2, 0.25) is 0 Å². The minimum Gasteiger partial charge on any atom is -0.378 e. The van der Waals surface area contributed by atoms with E-state index >= 15 is 0 Å². The van der Waals surface area contributed by atoms with Crippen LogP contribution < -0.4 is 14.7 Å². The SMILES string of the molecule is Cc1cc[c-]cc1-c1cc(N2CCOCC2)cnn1.Cc1cc[c-]cc1-c1cnnc(Cl)c1.Cc1cc[c-]cc1-c1cnnc(N2CCOCC2)c1.Clc1cc(Br)cnn1.Clc1cc(Br)cnn1.Clc1cc(N2CCOCC2)cnn1.N=S.N=S.[Ar].[Ar].[Y].[Y].[Y]. The van der Waals surface area contributed by atoms with Crippen molar-refractivity contribution in [2.75, 3.05) is 93.6 Å². The van der Waals surface area contributed by atoms with E-state index in [1.807, 2.05) is 67.7 Å². The number of hydrogen-bond acceptors (Lipinski definition) is 22. The van der Waals surface area contributed by atoms with Crippen molar-refractivity contribution in [2.24, 2.45) is 0 Å². The smallest absolute Gasteiger partial charge is 0.153 e. The first-order chi connectivity index (χ1) is 41.4. The summed E-state index contributed by atoms with van der Waals surface area (Å²) < 4.78 is 28.3. The second kappa shape index (κ2) is 52.5. The van der Waals surface area contributed by atoms with Crippen LogP contribution in [0.25, 0.3) is 33.5 Å². The Balaban J connectivity index is 0.00000106. The zero-order valence-electron chi connectivity index (χ0n) is 48.6. The summed E-state index contributed by atoms with van der Waals surface area (Å²) in [6.07, 6.45) is 10.2. The molecule has 0 amide bonds. The molecule has 9 heterocycles. The molecule has 0 aliphatic carbocycles. The van der Waals surface area contributed by atoms with Gasteiger partial charge in [-0.15, -0.1) is 42.2 Å². The van der Waals surface area contributed by atoms with Crippen LogP contribution >= 0.6 is 78.3 Å². The molecular formula is C57H56Ar2Br2Cl4N17O3S2Y3-3. The number of benzene rings is 3. The average Bonchev–Trinajstić information content (AvgIpc) is 3.74. The topological polar surface area (TPSA) is 240 Å². The van der Waals surface area contributed by atoms with Crippen LogP contribution in [0.2, 0.25) is 20.6 Å². The molecule has 9 aromatic rings. The van der Waals surface area contributed by atoms with E-state index < -0.39 is 0 Å². The van der Waals surface area contributed by atoms with Crippen molar-refractivity contribution in [3.8, 4) is 33.5 Å². The quantitative estimate of drug-likeness (QED) is 0.147. The van der Waals surface area contributed by atoms with E-state index in [4.69, 9.17) is 70.2 Å². The van der Waals surface area contributed by atoms with E-state index in [9.17, 15) is 0 Å². The van der Waals surface area contributed by atoms with Crippen molar-refractivity contribution in [2.45, 2.75) is 20.8 Å². The zero-order valence-corrected chi connectivity index (χ0v) is 66.3. The first-order valence-corrected chi connectivity index (χ1v) is 29.5. The molecule has 2 N–H and O–H groups in total. The largest absolute Gasteiger partial charge is 0.378 e. The third-order valence-electron chi connectivity index (χ3n) is 11.9. The van der Waals surface area contributed by atoms with Gasteiger partial charge >= 0.3 is 0 Å². The van der Waals surface area contributed by atoms with Gasteiger partial charge in [0.25, 0.3) is 0 Å². The van der Waals surface area contributed by atoms with Gasteiger partial charge in [0.1, 0.15) is 0 Å². The number of anilines is 3. The molecule has 20 nitrogen and oxygen atoms in total. The van der Waals surface area contributed by atoms with Gasteiger partial charge in [-0.05, 0) is 67.8 Å². The molecule has 3 aliphatic heterocycles. The third-order valence-corrected chi connectivity index (χ3v) is 13.5. The summed E-state index contributed by atoms with van der Waals surface area (Å²) in [4.78, 5) is 6.68. The molecule has 0 bridgehead atoms. The fourth-order valence-corrected chi connectivity index (χ4v) is 9.33. The average molecular weight is 1740 g/mol. The van der Waals surface area contributed by atoms with Crippen LogP contribution in [0.4, 0.5) is 17.2 Å². The molecule has 0 saturated carbocycles. The van der Waals surface area contributed by atoms with Gasteiger partial charge in [0.05, 0.1) is 75.8 Å². The number of nitrogens with zero attached hydrogens (tertiary/aromatic N) is 15. The van der Waals surface area contributed by atoms with Crippen LogP contribution in [0, 0.1) is 124 Å². The molecule has 6 aromatic heterocycles. The summed E-state index contributed by atoms with van der Waals surface area (Å²) in [5.74, 6) is 0.920. The maximum atomic E-state index is 5.76. The van der Waals surface area contributed by atoms with E-state index in [0.717, 1.165) is 139 Å². The molecule has 3 radical (unpaired) electrons. The van der Waals surface area contributed by atoms with Crippen molar-refractivity contribution in [1.29, 1.82) is 9.56 Å². The number of halogens is 6. The Morgan fingerprint density at radius 3 is 1.13 bits per heavy atom. The Morgan fingerprint density at radius 1 is 0.422 bits per heavy atom. The molecule has 0 unspecified atom stereocenters. The van der Waals surface area contributed by atoms with Crippen LogP contribution in [-0.2, 0) is 137 Å². The van der Waals surface area contributed by atoms with Gasteiger partial charge in [-0.3, -0.25) is 0 Å². The van der Waals surface area contributed by atoms with Gasteiger partial charge in [0.15, 0.2) is 26.4 Å². The Labute approximate surface area is 708 Å². The fraction of sp³-hybridized carbons (Fsp3) is 0.263. The first kappa shape index (κ1) is 89.4. The van der Waals surface area contributed by atoms with Crippen LogP contribution in [0.5, 0.6) is 0 Å². The number of rotatable bonds is 6. The normalized spacial score (nSPS) is 12.4. The number of nitrogens with one attached hydrogen (secondary N) is 2. The van der Waals surface area contributed by atoms with Crippen LogP contribution in [-0.4, -0.2) is 140 Å². The van der Waals surface area contributed by atoms with Crippen molar-refractivity contribution >= 4 is 120 Å². The Bertz CT molecular complexity index is 3270. The minimum absolute atomic E-state index is 0. The van der Waals surface area contributed by atoms with Gasteiger partial charge in [-0.1, -0.05) is 72.7 Å². The fourth-order valence-electron chi connectivity index (χ4n) is 7.81. The molecule has 3 aromatic carbocycles. The van der Waals surface area contributed by atoms with E-state index in [1.165, 1.54) is 16.7 Å². The summed E-state index contributed by atoms with van der Waals surface area (Å²) in [5, 5.41) is 47.5. The molecule has 469 valence electrons. The standard InChI is InChI=1S/2C15H16N3O.C11H8ClN2.C8H10ClN3O.2C4H2BrClN2.2Ar.2HNS.3Y/c1-12-4-2-3-5-14(12)15-10-13(11-16-17-15)18-6-8-19-9-7-18;1-12-4-2-3-5-14(12)13-10-15(17-16-11-13)18-6-8-19-9-7-18;1-8-4-2-3-5-10(8)9-6-11(12)14-13-7-9;9-8-5-7(6-10-11-8)12-1-3-13-4-2-12;2*5-3-1-4(6)8-7-2-3;;;2*1-2;;;/h2*2,4-5,10-11H,6-9H2,1H3;2,4-7H,1H3;5-6H,1-4H2;2*1-2H;;;2*1H;;;/q3*-1;;;;;;;;;;. The molecule has 33 heteroatoms. The molecule has 12 rings (SSSR count). The minimum atomic E-state index is 0. The number of ether oxygens (including phenoxy) is 3. The monoisotopic (exact) mass is 1730 g/mol. The molecule has 0 atom stereocenters. The van der Waals surface area contributed by atoms with Crippen LogP contribution in [0.3, 0.4) is 0 Å². The summed E-state index contributed by atoms with van der Waals surface area (Å²) in [5.41, 5.74) is 12.0. The van der Waals surface area contributed by atoms with Crippen molar-refractivity contribution in [3.05, 3.63) is 193 Å². The van der Waals surface area contributed by atoms with E-state index in [2.05, 4.69) is 183 Å². The predicted octanol–water partition coefficient (Wildman–Crippen LogP) is 12.4. The number of aryl methyl sites for hydroxylation is 3. The molecular weight excluding hydrogens is 1680 g/mol. The maximum Gasteiger partial charge on any atom is 0.153 e. The zero-order chi connectivity index (χ0) is 61.2. The Morgan fingerprint density at radius 2 is 0.756 bits per heavy atom. The number of morpholine rings is 3. The predicted molar refractivity (Wildman–Crippen MR) is 344 cm³/mol. The second-order valence-corrected chi connectivity index (χ2v) is 20.9. The van der Waals surface area contributed by atoms with E-state index in [1.54, 1.807) is 49.2 Å². The van der Waals surface area contributed by atoms with Gasteiger partial charge in [0, 0.05) is 271 Å².